The molecule has 1 atom stereocenters. The van der Waals surface area contributed by atoms with Crippen molar-refractivity contribution < 1.29 is 4.74 Å². The summed E-state index contributed by atoms with van der Waals surface area (Å²) < 4.78 is 4.96. The van der Waals surface area contributed by atoms with Gasteiger partial charge in [-0.1, -0.05) is 6.08 Å². The molecule has 0 aromatic heterocycles. The van der Waals surface area contributed by atoms with Gasteiger partial charge in [-0.05, 0) is 18.8 Å². The number of methoxy groups -OCH3 is 1. The molecule has 0 N–H and O–H groups in total. The summed E-state index contributed by atoms with van der Waals surface area (Å²) in [7, 11) is 1.71. The van der Waals surface area contributed by atoms with Crippen molar-refractivity contribution in [1.29, 1.82) is 0 Å². The summed E-state index contributed by atoms with van der Waals surface area (Å²) >= 11 is 0. The molecule has 0 fully saturated rings. The lowest BCUT2D eigenvalue weighted by molar-refractivity contribution is 0.178. The van der Waals surface area contributed by atoms with Gasteiger partial charge in [0.25, 0.3) is 0 Å². The van der Waals surface area contributed by atoms with Crippen molar-refractivity contribution in [2.24, 2.45) is 5.92 Å². The van der Waals surface area contributed by atoms with Gasteiger partial charge in [-0.15, -0.1) is 18.9 Å². The van der Waals surface area contributed by atoms with E-state index in [-0.39, 0.29) is 0 Å². The first-order valence-electron chi connectivity index (χ1n) is 3.88. The Morgan fingerprint density at radius 2 is 2.45 bits per heavy atom. The van der Waals surface area contributed by atoms with Crippen molar-refractivity contribution in [1.82, 2.24) is 0 Å². The zero-order valence-corrected chi connectivity index (χ0v) is 7.18. The summed E-state index contributed by atoms with van der Waals surface area (Å²) in [6.07, 6.45) is 9.98. The van der Waals surface area contributed by atoms with Crippen molar-refractivity contribution in [2.45, 2.75) is 19.3 Å². The van der Waals surface area contributed by atoms with Crippen LogP contribution in [0.1, 0.15) is 19.3 Å². The van der Waals surface area contributed by atoms with Gasteiger partial charge in [-0.25, -0.2) is 0 Å². The minimum atomic E-state index is 0.553. The summed E-state index contributed by atoms with van der Waals surface area (Å²) in [5.41, 5.74) is 0. The fourth-order valence-corrected chi connectivity index (χ4v) is 0.990. The first-order chi connectivity index (χ1) is 5.35. The van der Waals surface area contributed by atoms with Crippen LogP contribution in [0.4, 0.5) is 0 Å². The highest BCUT2D eigenvalue weighted by atomic mass is 16.5. The second kappa shape index (κ2) is 7.37. The maximum absolute atomic E-state index is 5.21. The van der Waals surface area contributed by atoms with Crippen LogP contribution in [-0.2, 0) is 4.74 Å². The van der Waals surface area contributed by atoms with Crippen LogP contribution in [0.5, 0.6) is 0 Å². The summed E-state index contributed by atoms with van der Waals surface area (Å²) in [6, 6.07) is 0. The topological polar surface area (TPSA) is 9.23 Å². The number of rotatable bonds is 6. The van der Waals surface area contributed by atoms with Gasteiger partial charge in [0.15, 0.2) is 0 Å². The van der Waals surface area contributed by atoms with E-state index in [1.54, 1.807) is 7.11 Å². The van der Waals surface area contributed by atoms with Crippen LogP contribution in [-0.4, -0.2) is 13.7 Å². The number of hydrogen-bond acceptors (Lipinski definition) is 1. The van der Waals surface area contributed by atoms with Gasteiger partial charge in [0.1, 0.15) is 0 Å². The fourth-order valence-electron chi connectivity index (χ4n) is 0.990. The molecule has 0 aliphatic heterocycles. The van der Waals surface area contributed by atoms with Crippen LogP contribution in [0.2, 0.25) is 0 Å². The molecule has 0 aromatic carbocycles. The van der Waals surface area contributed by atoms with E-state index in [4.69, 9.17) is 11.2 Å². The molecule has 0 rings (SSSR count). The van der Waals surface area contributed by atoms with Gasteiger partial charge in [-0.3, -0.25) is 0 Å². The summed E-state index contributed by atoms with van der Waals surface area (Å²) in [5, 5.41) is 0. The van der Waals surface area contributed by atoms with Crippen LogP contribution < -0.4 is 0 Å². The van der Waals surface area contributed by atoms with Crippen molar-refractivity contribution in [3.05, 3.63) is 12.7 Å². The summed E-state index contributed by atoms with van der Waals surface area (Å²) in [4.78, 5) is 0. The molecule has 1 heteroatoms. The largest absolute Gasteiger partial charge is 0.385 e. The SMILES string of the molecule is C#CCC(CC=C)CCOC. The molecule has 0 bridgehead atoms. The minimum absolute atomic E-state index is 0.553. The Morgan fingerprint density at radius 3 is 2.91 bits per heavy atom. The Bertz CT molecular complexity index is 132. The quantitative estimate of drug-likeness (QED) is 0.419. The molecule has 0 aliphatic rings. The van der Waals surface area contributed by atoms with Crippen LogP contribution >= 0.6 is 0 Å². The Balaban J connectivity index is 3.52. The average molecular weight is 152 g/mol. The van der Waals surface area contributed by atoms with E-state index in [2.05, 4.69) is 12.5 Å². The zero-order valence-electron chi connectivity index (χ0n) is 7.18. The highest BCUT2D eigenvalue weighted by Gasteiger charge is 2.03. The van der Waals surface area contributed by atoms with E-state index in [1.807, 2.05) is 6.08 Å². The molecule has 62 valence electrons. The van der Waals surface area contributed by atoms with E-state index in [1.165, 1.54) is 0 Å². The molecule has 0 spiro atoms. The first kappa shape index (κ1) is 10.3. The lowest BCUT2D eigenvalue weighted by Gasteiger charge is -2.09. The smallest absolute Gasteiger partial charge is 0.0465 e. The Kier molecular flexibility index (Phi) is 6.87. The first-order valence-corrected chi connectivity index (χ1v) is 3.88. The molecule has 0 radical (unpaired) electrons. The van der Waals surface area contributed by atoms with Crippen LogP contribution in [0.3, 0.4) is 0 Å². The van der Waals surface area contributed by atoms with Gasteiger partial charge in [0.2, 0.25) is 0 Å². The molecular formula is C10H16O. The third-order valence-electron chi connectivity index (χ3n) is 1.64. The molecule has 1 unspecified atom stereocenters. The van der Waals surface area contributed by atoms with Crippen LogP contribution in [0.15, 0.2) is 12.7 Å². The van der Waals surface area contributed by atoms with Gasteiger partial charge >= 0.3 is 0 Å². The van der Waals surface area contributed by atoms with Gasteiger partial charge < -0.3 is 4.74 Å². The normalized spacial score (nSPS) is 12.0. The number of ether oxygens (including phenoxy) is 1. The standard InChI is InChI=1S/C10H16O/c1-4-6-10(7-5-2)8-9-11-3/h1,5,10H,2,6-9H2,3H3. The van der Waals surface area contributed by atoms with Crippen molar-refractivity contribution in [2.75, 3.05) is 13.7 Å². The van der Waals surface area contributed by atoms with E-state index in [9.17, 15) is 0 Å². The monoisotopic (exact) mass is 152 g/mol. The van der Waals surface area contributed by atoms with Gasteiger partial charge in [-0.2, -0.15) is 0 Å². The Morgan fingerprint density at radius 1 is 1.73 bits per heavy atom. The van der Waals surface area contributed by atoms with E-state index < -0.39 is 0 Å². The fraction of sp³-hybridized carbons (Fsp3) is 0.600. The molecule has 0 saturated heterocycles. The molecule has 0 aromatic rings. The predicted molar refractivity (Wildman–Crippen MR) is 48.2 cm³/mol. The minimum Gasteiger partial charge on any atom is -0.385 e. The lowest BCUT2D eigenvalue weighted by atomic mass is 9.99. The van der Waals surface area contributed by atoms with Crippen molar-refractivity contribution in [3.63, 3.8) is 0 Å². The molecule has 11 heavy (non-hydrogen) atoms. The average Bonchev–Trinajstić information content (AvgIpc) is 2.01. The maximum atomic E-state index is 5.21. The van der Waals surface area contributed by atoms with E-state index in [0.717, 1.165) is 25.9 Å². The molecule has 1 nitrogen and oxygen atoms in total. The highest BCUT2D eigenvalue weighted by Crippen LogP contribution is 2.12. The molecule has 0 amide bonds. The van der Waals surface area contributed by atoms with Crippen LogP contribution in [0.25, 0.3) is 0 Å². The second-order valence-corrected chi connectivity index (χ2v) is 2.58. The van der Waals surface area contributed by atoms with Crippen molar-refractivity contribution >= 4 is 0 Å². The number of allylic oxidation sites excluding steroid dienone is 1. The third kappa shape index (κ3) is 5.69. The molecular weight excluding hydrogens is 136 g/mol. The molecule has 0 heterocycles. The zero-order chi connectivity index (χ0) is 8.53. The summed E-state index contributed by atoms with van der Waals surface area (Å²) in [6.45, 7) is 4.47. The van der Waals surface area contributed by atoms with Gasteiger partial charge in [0.05, 0.1) is 0 Å². The number of terminal acetylenes is 1. The lowest BCUT2D eigenvalue weighted by Crippen LogP contribution is -2.02. The van der Waals surface area contributed by atoms with E-state index in [0.29, 0.717) is 5.92 Å². The molecule has 0 saturated carbocycles. The Labute approximate surface area is 69.4 Å². The highest BCUT2D eigenvalue weighted by molar-refractivity contribution is 4.88. The predicted octanol–water partition coefficient (Wildman–Crippen LogP) is 2.24. The van der Waals surface area contributed by atoms with E-state index >= 15 is 0 Å². The van der Waals surface area contributed by atoms with Gasteiger partial charge in [0, 0.05) is 20.1 Å². The van der Waals surface area contributed by atoms with Crippen LogP contribution in [0, 0.1) is 18.3 Å². The number of hydrogen-bond donors (Lipinski definition) is 0. The molecule has 0 aliphatic carbocycles. The maximum Gasteiger partial charge on any atom is 0.0465 e. The Hall–Kier alpha value is -0.740. The summed E-state index contributed by atoms with van der Waals surface area (Å²) in [5.74, 6) is 3.21. The third-order valence-corrected chi connectivity index (χ3v) is 1.64. The second-order valence-electron chi connectivity index (χ2n) is 2.58. The van der Waals surface area contributed by atoms with Crippen molar-refractivity contribution in [3.8, 4) is 12.3 Å².